The lowest BCUT2D eigenvalue weighted by molar-refractivity contribution is -0.274. The molecule has 5 N–H and O–H groups in total. The Hall–Kier alpha value is -1.51. The monoisotopic (exact) mass is 267 g/mol. The number of hydrogen-bond acceptors (Lipinski definition) is 5. The van der Waals surface area contributed by atoms with Crippen molar-refractivity contribution in [1.29, 1.82) is 0 Å². The summed E-state index contributed by atoms with van der Waals surface area (Å²) in [7, 11) is 0. The Kier molecular flexibility index (Phi) is 4.38. The smallest absolute Gasteiger partial charge is 0.508 e. The van der Waals surface area contributed by atoms with Crippen molar-refractivity contribution in [3.8, 4) is 11.5 Å². The first-order valence-electron chi connectivity index (χ1n) is 4.89. The molecule has 2 atom stereocenters. The molecule has 0 heterocycles. The zero-order valence-corrected chi connectivity index (χ0v) is 9.05. The number of phenolic OH excluding ortho intramolecular Hbond substituents is 1. The van der Waals surface area contributed by atoms with E-state index < -0.39 is 30.1 Å². The van der Waals surface area contributed by atoms with Gasteiger partial charge in [-0.1, -0.05) is 0 Å². The van der Waals surface area contributed by atoms with E-state index in [1.54, 1.807) is 0 Å². The number of aliphatic hydroxyl groups excluding tert-OH is 2. The molecule has 5 nitrogen and oxygen atoms in total. The summed E-state index contributed by atoms with van der Waals surface area (Å²) in [5.41, 5.74) is 4.80. The summed E-state index contributed by atoms with van der Waals surface area (Å²) in [4.78, 5) is 0. The maximum atomic E-state index is 12.0. The van der Waals surface area contributed by atoms with Crippen LogP contribution in [0.25, 0.3) is 0 Å². The molecule has 2 unspecified atom stereocenters. The average Bonchev–Trinajstić information content (AvgIpc) is 2.28. The van der Waals surface area contributed by atoms with E-state index in [1.165, 1.54) is 0 Å². The van der Waals surface area contributed by atoms with Gasteiger partial charge in [0.05, 0.1) is 6.10 Å². The number of hydrogen-bond donors (Lipinski definition) is 4. The van der Waals surface area contributed by atoms with Gasteiger partial charge in [-0.15, -0.1) is 13.2 Å². The first-order chi connectivity index (χ1) is 8.24. The first kappa shape index (κ1) is 14.6. The van der Waals surface area contributed by atoms with Crippen molar-refractivity contribution >= 4 is 0 Å². The summed E-state index contributed by atoms with van der Waals surface area (Å²) in [5, 5.41) is 28.2. The minimum absolute atomic E-state index is 0.297. The molecule has 0 aliphatic heterocycles. The highest BCUT2D eigenvalue weighted by Gasteiger charge is 2.32. The zero-order chi connectivity index (χ0) is 13.9. The second-order valence-corrected chi connectivity index (χ2v) is 3.52. The summed E-state index contributed by atoms with van der Waals surface area (Å²) in [6.07, 6.45) is -7.89. The van der Waals surface area contributed by atoms with Crippen LogP contribution in [0.1, 0.15) is 11.7 Å². The van der Waals surface area contributed by atoms with Gasteiger partial charge in [-0.2, -0.15) is 0 Å². The average molecular weight is 267 g/mol. The van der Waals surface area contributed by atoms with E-state index in [4.69, 9.17) is 5.73 Å². The Morgan fingerprint density at radius 1 is 1.28 bits per heavy atom. The van der Waals surface area contributed by atoms with Gasteiger partial charge in [0, 0.05) is 12.1 Å². The molecule has 0 spiro atoms. The van der Waals surface area contributed by atoms with Crippen molar-refractivity contribution in [3.05, 3.63) is 23.8 Å². The Bertz CT molecular complexity index is 411. The third kappa shape index (κ3) is 3.76. The van der Waals surface area contributed by atoms with Crippen molar-refractivity contribution < 1.29 is 33.2 Å². The van der Waals surface area contributed by atoms with Crippen LogP contribution in [0, 0.1) is 0 Å². The lowest BCUT2D eigenvalue weighted by atomic mass is 10.0. The molecular formula is C10H12F3NO4. The first-order valence-corrected chi connectivity index (χ1v) is 4.89. The van der Waals surface area contributed by atoms with E-state index >= 15 is 0 Å². The third-order valence-corrected chi connectivity index (χ3v) is 2.16. The molecule has 0 aliphatic carbocycles. The van der Waals surface area contributed by atoms with Gasteiger partial charge in [-0.05, 0) is 18.2 Å². The third-order valence-electron chi connectivity index (χ3n) is 2.16. The molecule has 18 heavy (non-hydrogen) atoms. The van der Waals surface area contributed by atoms with Crippen LogP contribution < -0.4 is 10.5 Å². The fourth-order valence-electron chi connectivity index (χ4n) is 1.30. The molecule has 0 radical (unpaired) electrons. The molecule has 102 valence electrons. The Morgan fingerprint density at radius 2 is 1.89 bits per heavy atom. The van der Waals surface area contributed by atoms with Crippen molar-refractivity contribution in [2.24, 2.45) is 5.73 Å². The van der Waals surface area contributed by atoms with E-state index in [0.717, 1.165) is 18.2 Å². The molecule has 1 rings (SSSR count). The standard InChI is InChI=1S/C10H12F3NO4/c11-10(12,13)18-5-1-2-7(15)6(3-5)9(17)8(16)4-14/h1-3,8-9,15-17H,4,14H2. The summed E-state index contributed by atoms with van der Waals surface area (Å²) >= 11 is 0. The van der Waals surface area contributed by atoms with Crippen LogP contribution in [0.15, 0.2) is 18.2 Å². The fraction of sp³-hybridized carbons (Fsp3) is 0.400. The van der Waals surface area contributed by atoms with Crippen molar-refractivity contribution in [1.82, 2.24) is 0 Å². The van der Waals surface area contributed by atoms with Gasteiger partial charge in [0.1, 0.15) is 17.6 Å². The van der Waals surface area contributed by atoms with Gasteiger partial charge in [0.15, 0.2) is 0 Å². The van der Waals surface area contributed by atoms with Gasteiger partial charge >= 0.3 is 6.36 Å². The van der Waals surface area contributed by atoms with Gasteiger partial charge in [-0.25, -0.2) is 0 Å². The van der Waals surface area contributed by atoms with Gasteiger partial charge < -0.3 is 25.8 Å². The fourth-order valence-corrected chi connectivity index (χ4v) is 1.30. The van der Waals surface area contributed by atoms with Crippen LogP contribution in [-0.4, -0.2) is 34.3 Å². The quantitative estimate of drug-likeness (QED) is 0.642. The van der Waals surface area contributed by atoms with Crippen molar-refractivity contribution in [3.63, 3.8) is 0 Å². The number of ether oxygens (including phenoxy) is 1. The Balaban J connectivity index is 3.01. The second kappa shape index (κ2) is 5.42. The zero-order valence-electron chi connectivity index (χ0n) is 9.05. The van der Waals surface area contributed by atoms with Crippen molar-refractivity contribution in [2.45, 2.75) is 18.6 Å². The molecule has 8 heteroatoms. The molecule has 0 saturated carbocycles. The molecule has 0 aromatic heterocycles. The number of aromatic hydroxyl groups is 1. The largest absolute Gasteiger partial charge is 0.573 e. The summed E-state index contributed by atoms with van der Waals surface area (Å²) in [6, 6.07) is 2.59. The van der Waals surface area contributed by atoms with Gasteiger partial charge in [-0.3, -0.25) is 0 Å². The summed E-state index contributed by atoms with van der Waals surface area (Å²) < 4.78 is 39.6. The molecule has 0 fully saturated rings. The molecule has 0 amide bonds. The lowest BCUT2D eigenvalue weighted by Crippen LogP contribution is -2.27. The van der Waals surface area contributed by atoms with E-state index in [9.17, 15) is 28.5 Å². The maximum Gasteiger partial charge on any atom is 0.573 e. The minimum Gasteiger partial charge on any atom is -0.508 e. The Morgan fingerprint density at radius 3 is 2.39 bits per heavy atom. The highest BCUT2D eigenvalue weighted by Crippen LogP contribution is 2.32. The minimum atomic E-state index is -4.88. The van der Waals surface area contributed by atoms with E-state index in [0.29, 0.717) is 0 Å². The van der Waals surface area contributed by atoms with Gasteiger partial charge in [0.2, 0.25) is 0 Å². The number of halogens is 3. The maximum absolute atomic E-state index is 12.0. The van der Waals surface area contributed by atoms with E-state index in [-0.39, 0.29) is 12.1 Å². The number of benzene rings is 1. The van der Waals surface area contributed by atoms with Gasteiger partial charge in [0.25, 0.3) is 0 Å². The molecule has 1 aromatic rings. The van der Waals surface area contributed by atoms with Crippen LogP contribution in [0.2, 0.25) is 0 Å². The summed E-state index contributed by atoms with van der Waals surface area (Å²) in [5.74, 6) is -1.08. The predicted octanol–water partition coefficient (Wildman–Crippen LogP) is 0.644. The lowest BCUT2D eigenvalue weighted by Gasteiger charge is -2.18. The summed E-state index contributed by atoms with van der Waals surface area (Å²) in [6.45, 7) is -0.315. The predicted molar refractivity (Wildman–Crippen MR) is 54.8 cm³/mol. The number of aliphatic hydroxyl groups is 2. The van der Waals surface area contributed by atoms with Crippen LogP contribution in [-0.2, 0) is 0 Å². The van der Waals surface area contributed by atoms with Crippen LogP contribution in [0.5, 0.6) is 11.5 Å². The van der Waals surface area contributed by atoms with Crippen LogP contribution in [0.4, 0.5) is 13.2 Å². The SMILES string of the molecule is NCC(O)C(O)c1cc(OC(F)(F)F)ccc1O. The topological polar surface area (TPSA) is 95.9 Å². The van der Waals surface area contributed by atoms with Crippen LogP contribution >= 0.6 is 0 Å². The van der Waals surface area contributed by atoms with Crippen molar-refractivity contribution in [2.75, 3.05) is 6.54 Å². The molecule has 0 saturated heterocycles. The Labute approximate surface area is 100 Å². The number of nitrogens with two attached hydrogens (primary N) is 1. The second-order valence-electron chi connectivity index (χ2n) is 3.52. The highest BCUT2D eigenvalue weighted by atomic mass is 19.4. The number of rotatable bonds is 4. The highest BCUT2D eigenvalue weighted by molar-refractivity contribution is 5.41. The normalized spacial score (nSPS) is 15.2. The number of alkyl halides is 3. The van der Waals surface area contributed by atoms with E-state index in [1.807, 2.05) is 0 Å². The van der Waals surface area contributed by atoms with E-state index in [2.05, 4.69) is 4.74 Å². The van der Waals surface area contributed by atoms with Crippen LogP contribution in [0.3, 0.4) is 0 Å². The molecule has 1 aromatic carbocycles. The molecule has 0 bridgehead atoms. The molecular weight excluding hydrogens is 255 g/mol. The number of phenols is 1. The molecule has 0 aliphatic rings.